The summed E-state index contributed by atoms with van der Waals surface area (Å²) in [5, 5.41) is 11.1. The van der Waals surface area contributed by atoms with Crippen LogP contribution in [-0.4, -0.2) is 42.3 Å². The minimum atomic E-state index is -5.16. The fraction of sp³-hybridized carbons (Fsp3) is 0.556. The van der Waals surface area contributed by atoms with Gasteiger partial charge in [0.2, 0.25) is 0 Å². The molecule has 0 radical (unpaired) electrons. The van der Waals surface area contributed by atoms with E-state index in [0.717, 1.165) is 31.0 Å². The fourth-order valence-electron chi connectivity index (χ4n) is 3.45. The van der Waals surface area contributed by atoms with Crippen LogP contribution >= 0.6 is 19.6 Å². The van der Waals surface area contributed by atoms with E-state index >= 15 is 0 Å². The number of phosphoric acid groups is 1. The molecule has 0 aromatic carbocycles. The summed E-state index contributed by atoms with van der Waals surface area (Å²) < 4.78 is 24.4. The number of carbonyl (C=O) groups is 2. The number of esters is 1. The smallest absolute Gasteiger partial charge is 0.790 e. The molecule has 0 heterocycles. The number of aliphatic hydroxyl groups excluding tert-OH is 1. The van der Waals surface area contributed by atoms with Crippen molar-refractivity contribution in [2.24, 2.45) is 0 Å². The van der Waals surface area contributed by atoms with Crippen LogP contribution in [0.5, 0.6) is 0 Å². The van der Waals surface area contributed by atoms with E-state index in [4.69, 9.17) is 16.3 Å². The summed E-state index contributed by atoms with van der Waals surface area (Å²) in [5.74, 6) is 28.4. The molecule has 0 amide bonds. The first-order chi connectivity index (χ1) is 22.7. The van der Waals surface area contributed by atoms with Crippen LogP contribution in [0, 0.1) is 82.7 Å². The van der Waals surface area contributed by atoms with Gasteiger partial charge >= 0.3 is 65.1 Å². The Hall–Kier alpha value is -1.56. The van der Waals surface area contributed by atoms with Gasteiger partial charge in [0, 0.05) is 40.8 Å². The van der Waals surface area contributed by atoms with Gasteiger partial charge in [-0.25, -0.2) is 0 Å². The van der Waals surface area contributed by atoms with Gasteiger partial charge in [0.15, 0.2) is 5.12 Å². The monoisotopic (exact) mass is 750 g/mol. The topological polar surface area (TPSA) is 145 Å². The number of ether oxygens (including phenoxy) is 2. The molecule has 0 saturated heterocycles. The van der Waals surface area contributed by atoms with Crippen molar-refractivity contribution in [3.8, 4) is 82.7 Å². The van der Waals surface area contributed by atoms with E-state index in [1.165, 1.54) is 64.7 Å². The van der Waals surface area contributed by atoms with Gasteiger partial charge in [-0.15, -0.1) is 6.42 Å². The number of thioether (sulfide) groups is 1. The van der Waals surface area contributed by atoms with E-state index in [-0.39, 0.29) is 93.0 Å². The molecule has 1 N–H and O–H groups in total. The number of rotatable bonds is 21. The quantitative estimate of drug-likeness (QED) is 0.0447. The first kappa shape index (κ1) is 54.2. The van der Waals surface area contributed by atoms with E-state index in [2.05, 4.69) is 92.5 Å². The van der Waals surface area contributed by atoms with Gasteiger partial charge < -0.3 is 33.5 Å². The van der Waals surface area contributed by atoms with Crippen molar-refractivity contribution < 1.29 is 118 Å². The van der Waals surface area contributed by atoms with Crippen LogP contribution in [0.2, 0.25) is 0 Å². The summed E-state index contributed by atoms with van der Waals surface area (Å²) >= 11 is 0.889. The number of terminal acetylenes is 1. The number of carbonyl (C=O) groups excluding carboxylic acids is 2. The number of hydrogen-bond acceptors (Lipinski definition) is 10. The predicted octanol–water partition coefficient (Wildman–Crippen LogP) is 0.782. The van der Waals surface area contributed by atoms with Gasteiger partial charge in [-0.2, -0.15) is 0 Å². The first-order valence-electron chi connectivity index (χ1n) is 15.3. The number of aliphatic hydroxyl groups is 1. The standard InChI is InChI=1S/C20H41O8P.C16H4OS.2Na.11H2/c1-2-3-4-5-6-7-8-9-10-11-12-13-14-15-20(22)28-19(16-26-18-21)17-27-29(23,24)25;1-3-4-5-6-7-8-9-10-11-12-13-14-15-18-16(2)17;;;;;;;;;;;;;/h19,21H,2-18H2,1H3,(H2,23,24,25);1H,2H3;;;11*1H/q;;2*+1;;;;;;;;;;;/p-2/t19-;;;;;;;;;;;;;;/m0............../s1. The third-order valence-electron chi connectivity index (χ3n) is 5.54. The summed E-state index contributed by atoms with van der Waals surface area (Å²) in [7, 11) is -5.16. The Bertz CT molecular complexity index is 1410. The van der Waals surface area contributed by atoms with E-state index in [1.54, 1.807) is 0 Å². The van der Waals surface area contributed by atoms with Crippen molar-refractivity contribution in [2.75, 3.05) is 20.0 Å². The number of phosphoric ester groups is 1. The fourth-order valence-corrected chi connectivity index (χ4v) is 4.04. The van der Waals surface area contributed by atoms with Crippen LogP contribution in [0.25, 0.3) is 0 Å². The zero-order chi connectivity index (χ0) is 35.3. The molecule has 0 aliphatic carbocycles. The molecule has 0 aromatic rings. The third-order valence-corrected chi connectivity index (χ3v) is 6.50. The summed E-state index contributed by atoms with van der Waals surface area (Å²) in [6, 6.07) is 0. The van der Waals surface area contributed by atoms with E-state index in [0.29, 0.717) is 6.42 Å². The van der Waals surface area contributed by atoms with Gasteiger partial charge in [0.25, 0.3) is 0 Å². The molecule has 13 heteroatoms. The van der Waals surface area contributed by atoms with Crippen molar-refractivity contribution in [3.05, 3.63) is 0 Å². The molecule has 0 aromatic heterocycles. The average molecular weight is 751 g/mol. The minimum absolute atomic E-state index is 0. The van der Waals surface area contributed by atoms with Crippen LogP contribution in [-0.2, 0) is 28.2 Å². The maximum absolute atomic E-state index is 11.8. The van der Waals surface area contributed by atoms with Crippen molar-refractivity contribution >= 4 is 30.7 Å². The predicted molar refractivity (Wildman–Crippen MR) is 204 cm³/mol. The summed E-state index contributed by atoms with van der Waals surface area (Å²) in [6.07, 6.45) is 19.7. The molecule has 9 nitrogen and oxygen atoms in total. The van der Waals surface area contributed by atoms with Crippen LogP contribution in [0.3, 0.4) is 0 Å². The van der Waals surface area contributed by atoms with Crippen LogP contribution in [0.1, 0.15) is 119 Å². The van der Waals surface area contributed by atoms with Crippen molar-refractivity contribution in [1.82, 2.24) is 0 Å². The van der Waals surface area contributed by atoms with Gasteiger partial charge in [-0.1, -0.05) is 84.0 Å². The summed E-state index contributed by atoms with van der Waals surface area (Å²) in [6.45, 7) is 2.18. The second-order valence-electron chi connectivity index (χ2n) is 9.56. The van der Waals surface area contributed by atoms with Crippen LogP contribution in [0.15, 0.2) is 0 Å². The van der Waals surface area contributed by atoms with Crippen LogP contribution in [0.4, 0.5) is 0 Å². The maximum Gasteiger partial charge on any atom is 1.00 e. The third kappa shape index (κ3) is 50.9. The molecular formula is C36H65Na2O9PS. The molecular weight excluding hydrogens is 685 g/mol. The Morgan fingerprint density at radius 2 is 1.18 bits per heavy atom. The molecule has 1 atom stereocenters. The minimum Gasteiger partial charge on any atom is -0.790 e. The van der Waals surface area contributed by atoms with E-state index < -0.39 is 33.3 Å². The van der Waals surface area contributed by atoms with Crippen molar-refractivity contribution in [1.29, 1.82) is 0 Å². The van der Waals surface area contributed by atoms with Gasteiger partial charge in [-0.3, -0.25) is 9.59 Å². The SMILES string of the molecule is C#CC#CC#CC#CC#CC#CC#CSC(C)=O.CCCCCCCCCCCCCCCC(=O)O[C@@H](COCO)COP(=O)([O-])[O-].[HH].[HH].[HH].[HH].[HH].[HH].[HH].[HH].[HH].[HH].[HH].[Na+].[Na+]. The van der Waals surface area contributed by atoms with Crippen molar-refractivity contribution in [3.63, 3.8) is 0 Å². The van der Waals surface area contributed by atoms with Crippen LogP contribution < -0.4 is 68.9 Å². The van der Waals surface area contributed by atoms with E-state index in [1.807, 2.05) is 0 Å². The number of unbranched alkanes of at least 4 members (excludes halogenated alkanes) is 12. The Morgan fingerprint density at radius 1 is 0.755 bits per heavy atom. The van der Waals surface area contributed by atoms with Gasteiger partial charge in [0.1, 0.15) is 12.9 Å². The Balaban J connectivity index is -0.0000000453. The normalized spacial score (nSPS) is 9.39. The Morgan fingerprint density at radius 3 is 1.59 bits per heavy atom. The largest absolute Gasteiger partial charge is 1.00 e. The zero-order valence-corrected chi connectivity index (χ0v) is 35.0. The Kier molecular flexibility index (Phi) is 47.1. The molecule has 276 valence electrons. The molecule has 49 heavy (non-hydrogen) atoms. The van der Waals surface area contributed by atoms with Gasteiger partial charge in [-0.05, 0) is 82.7 Å². The molecule has 0 spiro atoms. The molecule has 0 bridgehead atoms. The molecule has 0 aliphatic heterocycles. The average Bonchev–Trinajstić information content (AvgIpc) is 3.02. The molecule has 0 fully saturated rings. The van der Waals surface area contributed by atoms with E-state index in [9.17, 15) is 23.9 Å². The number of hydrogen-bond donors (Lipinski definition) is 1. The zero-order valence-electron chi connectivity index (χ0n) is 29.2. The first-order valence-corrected chi connectivity index (χ1v) is 17.6. The second kappa shape index (κ2) is 42.6. The second-order valence-corrected chi connectivity index (χ2v) is 11.7. The van der Waals surface area contributed by atoms with Gasteiger partial charge in [0.05, 0.1) is 21.0 Å². The molecule has 0 rings (SSSR count). The molecule has 0 unspecified atom stereocenters. The van der Waals surface area contributed by atoms with Crippen molar-refractivity contribution in [2.45, 2.75) is 110 Å². The summed E-state index contributed by atoms with van der Waals surface area (Å²) in [4.78, 5) is 43.3. The maximum atomic E-state index is 11.8. The molecule has 0 saturated carbocycles. The molecule has 0 aliphatic rings. The summed E-state index contributed by atoms with van der Waals surface area (Å²) in [5.41, 5.74) is 0. The Labute approximate surface area is 358 Å².